The van der Waals surface area contributed by atoms with Gasteiger partial charge in [0.25, 0.3) is 0 Å². The van der Waals surface area contributed by atoms with Crippen LogP contribution >= 0.6 is 33.9 Å². The van der Waals surface area contributed by atoms with Crippen molar-refractivity contribution in [1.29, 1.82) is 0 Å². The van der Waals surface area contributed by atoms with Crippen molar-refractivity contribution >= 4 is 71.6 Å². The molecular formula is C47H44INS. The molecule has 10 rings (SSSR count). The molecular weight excluding hydrogens is 737 g/mol. The van der Waals surface area contributed by atoms with Gasteiger partial charge in [-0.05, 0) is 139 Å². The van der Waals surface area contributed by atoms with Gasteiger partial charge in [-0.3, -0.25) is 0 Å². The SMILES string of the molecule is C/C=C\c1cc(N(c2cccc3sc4ccccc4c23)C2CCC3c4cccc5c4C4(c6c(cccc6-5)CCCCCC4I)[C@H]3C2)ccc1C. The molecule has 1 spiro atoms. The molecule has 50 heavy (non-hydrogen) atoms. The van der Waals surface area contributed by atoms with Gasteiger partial charge >= 0.3 is 0 Å². The Morgan fingerprint density at radius 3 is 2.52 bits per heavy atom. The predicted molar refractivity (Wildman–Crippen MR) is 224 cm³/mol. The van der Waals surface area contributed by atoms with Crippen molar-refractivity contribution in [3.63, 3.8) is 0 Å². The average Bonchev–Trinajstić information content (AvgIpc) is 3.79. The fourth-order valence-corrected chi connectivity index (χ4v) is 13.7. The van der Waals surface area contributed by atoms with Crippen molar-refractivity contribution in [2.45, 2.75) is 86.5 Å². The summed E-state index contributed by atoms with van der Waals surface area (Å²) in [5, 5.41) is 2.80. The molecule has 1 aromatic heterocycles. The number of hydrogen-bond donors (Lipinski definition) is 0. The van der Waals surface area contributed by atoms with Crippen LogP contribution in [0.1, 0.15) is 91.2 Å². The summed E-state index contributed by atoms with van der Waals surface area (Å²) >= 11 is 4.88. The lowest BCUT2D eigenvalue weighted by Gasteiger charge is -2.48. The zero-order valence-electron chi connectivity index (χ0n) is 29.1. The van der Waals surface area contributed by atoms with Gasteiger partial charge in [-0.2, -0.15) is 0 Å². The zero-order chi connectivity index (χ0) is 33.6. The molecule has 5 atom stereocenters. The number of allylic oxidation sites excluding steroid dienone is 1. The van der Waals surface area contributed by atoms with Crippen LogP contribution in [0.4, 0.5) is 11.4 Å². The number of fused-ring (bicyclic) bond motifs is 6. The number of rotatable bonds is 4. The van der Waals surface area contributed by atoms with E-state index in [1.54, 1.807) is 33.4 Å². The molecule has 1 saturated carbocycles. The third-order valence-corrected chi connectivity index (χ3v) is 15.7. The van der Waals surface area contributed by atoms with Crippen LogP contribution in [0.2, 0.25) is 0 Å². The van der Waals surface area contributed by atoms with E-state index in [0.717, 1.165) is 0 Å². The maximum absolute atomic E-state index is 2.95. The Morgan fingerprint density at radius 2 is 1.62 bits per heavy atom. The number of anilines is 2. The molecule has 0 saturated heterocycles. The number of halogens is 1. The number of nitrogens with zero attached hydrogens (tertiary/aromatic N) is 1. The summed E-state index contributed by atoms with van der Waals surface area (Å²) in [7, 11) is 0. The van der Waals surface area contributed by atoms with Gasteiger partial charge in [0.1, 0.15) is 0 Å². The van der Waals surface area contributed by atoms with Gasteiger partial charge in [-0.1, -0.05) is 114 Å². The van der Waals surface area contributed by atoms with Gasteiger partial charge in [0.2, 0.25) is 0 Å². The molecule has 0 N–H and O–H groups in total. The molecule has 4 unspecified atom stereocenters. The highest BCUT2D eigenvalue weighted by molar-refractivity contribution is 14.1. The monoisotopic (exact) mass is 781 g/mol. The van der Waals surface area contributed by atoms with E-state index in [2.05, 4.69) is 151 Å². The highest BCUT2D eigenvalue weighted by atomic mass is 127. The van der Waals surface area contributed by atoms with E-state index < -0.39 is 0 Å². The first-order chi connectivity index (χ1) is 24.6. The molecule has 1 nitrogen and oxygen atoms in total. The van der Waals surface area contributed by atoms with Gasteiger partial charge < -0.3 is 4.90 Å². The van der Waals surface area contributed by atoms with Crippen LogP contribution in [0.25, 0.3) is 37.4 Å². The number of hydrogen-bond acceptors (Lipinski definition) is 2. The van der Waals surface area contributed by atoms with Crippen LogP contribution in [-0.4, -0.2) is 9.97 Å². The molecule has 4 aliphatic rings. The minimum absolute atomic E-state index is 0.0855. The average molecular weight is 782 g/mol. The van der Waals surface area contributed by atoms with E-state index >= 15 is 0 Å². The molecule has 3 heteroatoms. The summed E-state index contributed by atoms with van der Waals surface area (Å²) in [6.07, 6.45) is 14.7. The quantitative estimate of drug-likeness (QED) is 0.127. The molecule has 0 amide bonds. The van der Waals surface area contributed by atoms with Gasteiger partial charge in [-0.15, -0.1) is 11.3 Å². The van der Waals surface area contributed by atoms with Gasteiger partial charge in [0.15, 0.2) is 0 Å². The third kappa shape index (κ3) is 4.41. The summed E-state index contributed by atoms with van der Waals surface area (Å²) < 4.78 is 3.36. The smallest absolute Gasteiger partial charge is 0.0507 e. The van der Waals surface area contributed by atoms with Crippen LogP contribution in [-0.2, 0) is 11.8 Å². The first-order valence-electron chi connectivity index (χ1n) is 18.9. The molecule has 250 valence electrons. The zero-order valence-corrected chi connectivity index (χ0v) is 32.1. The lowest BCUT2D eigenvalue weighted by Crippen LogP contribution is -2.47. The first kappa shape index (κ1) is 31.3. The van der Waals surface area contributed by atoms with Gasteiger partial charge in [0.05, 0.1) is 5.69 Å². The van der Waals surface area contributed by atoms with Crippen molar-refractivity contribution in [3.05, 3.63) is 137 Å². The number of aryl methyl sites for hydroxylation is 2. The second-order valence-corrected chi connectivity index (χ2v) is 18.0. The minimum Gasteiger partial charge on any atom is -0.338 e. The molecule has 0 radical (unpaired) electrons. The van der Waals surface area contributed by atoms with Crippen LogP contribution in [0.3, 0.4) is 0 Å². The Labute approximate surface area is 314 Å². The molecule has 0 aliphatic heterocycles. The number of benzene rings is 5. The van der Waals surface area contributed by atoms with Gasteiger partial charge in [0, 0.05) is 41.2 Å². The fraction of sp³-hybridized carbons (Fsp3) is 0.319. The van der Waals surface area contributed by atoms with Crippen molar-refractivity contribution in [3.8, 4) is 11.1 Å². The minimum atomic E-state index is 0.0855. The first-order valence-corrected chi connectivity index (χ1v) is 21.0. The lowest BCUT2D eigenvalue weighted by molar-refractivity contribution is 0.213. The summed E-state index contributed by atoms with van der Waals surface area (Å²) in [6, 6.07) is 38.5. The highest BCUT2D eigenvalue weighted by Crippen LogP contribution is 2.70. The largest absolute Gasteiger partial charge is 0.338 e. The number of alkyl halides is 1. The van der Waals surface area contributed by atoms with Crippen molar-refractivity contribution in [2.24, 2.45) is 5.92 Å². The van der Waals surface area contributed by atoms with Crippen LogP contribution in [0.5, 0.6) is 0 Å². The van der Waals surface area contributed by atoms with E-state index in [1.165, 1.54) is 94.0 Å². The Morgan fingerprint density at radius 1 is 0.800 bits per heavy atom. The standard InChI is InChI=1S/C47H44INS/c1-3-12-31-27-32(24-23-29(31)2)49(40-19-11-21-42-44(40)38-15-7-8-20-41(38)50-42)33-25-26-34-35-17-10-18-37-36-16-9-14-30-13-5-4-6-22-43(48)47(45(30)36,46(35)37)39(34)28-33/h3,7-12,14-21,23-24,27,33-34,39,43H,4-6,13,22,25-26,28H2,1-2H3/b12-3-/t33?,34?,39-,43?,47?/m0/s1. The van der Waals surface area contributed by atoms with E-state index in [0.29, 0.717) is 21.8 Å². The normalized spacial score (nSPS) is 25.3. The summed E-state index contributed by atoms with van der Waals surface area (Å²) in [6.45, 7) is 4.39. The van der Waals surface area contributed by atoms with Crippen LogP contribution in [0.15, 0.2) is 103 Å². The molecule has 5 aromatic carbocycles. The van der Waals surface area contributed by atoms with E-state index in [4.69, 9.17) is 0 Å². The highest BCUT2D eigenvalue weighted by Gasteiger charge is 2.62. The van der Waals surface area contributed by atoms with E-state index in [1.807, 2.05) is 11.3 Å². The fourth-order valence-electron chi connectivity index (χ4n) is 11.1. The van der Waals surface area contributed by atoms with Crippen LogP contribution in [0, 0.1) is 12.8 Å². The topological polar surface area (TPSA) is 3.24 Å². The van der Waals surface area contributed by atoms with Crippen LogP contribution < -0.4 is 4.90 Å². The third-order valence-electron chi connectivity index (χ3n) is 13.0. The second kappa shape index (κ2) is 12.1. The summed E-state index contributed by atoms with van der Waals surface area (Å²) in [5.74, 6) is 1.21. The number of thiophene rings is 1. The molecule has 4 aliphatic carbocycles. The van der Waals surface area contributed by atoms with E-state index in [9.17, 15) is 0 Å². The maximum atomic E-state index is 2.95. The molecule has 1 fully saturated rings. The van der Waals surface area contributed by atoms with Crippen molar-refractivity contribution in [2.75, 3.05) is 4.90 Å². The Kier molecular flexibility index (Phi) is 7.58. The van der Waals surface area contributed by atoms with Crippen molar-refractivity contribution < 1.29 is 0 Å². The summed E-state index contributed by atoms with van der Waals surface area (Å²) in [4.78, 5) is 2.81. The predicted octanol–water partition coefficient (Wildman–Crippen LogP) is 13.7. The van der Waals surface area contributed by atoms with E-state index in [-0.39, 0.29) is 5.41 Å². The Bertz CT molecular complexity index is 2330. The van der Waals surface area contributed by atoms with Gasteiger partial charge in [-0.25, -0.2) is 0 Å². The van der Waals surface area contributed by atoms with Crippen molar-refractivity contribution in [1.82, 2.24) is 0 Å². The molecule has 1 heterocycles. The molecule has 6 aromatic rings. The maximum Gasteiger partial charge on any atom is 0.0507 e. The Hall–Kier alpha value is -3.41. The Balaban J connectivity index is 1.19. The summed E-state index contributed by atoms with van der Waals surface area (Å²) in [5.41, 5.74) is 15.3. The molecule has 0 bridgehead atoms. The second-order valence-electron chi connectivity index (χ2n) is 15.4. The lowest BCUT2D eigenvalue weighted by atomic mass is 9.61.